The van der Waals surface area contributed by atoms with Crippen LogP contribution in [-0.4, -0.2) is 12.0 Å². The Labute approximate surface area is 216 Å². The van der Waals surface area contributed by atoms with Gasteiger partial charge in [0.25, 0.3) is 0 Å². The smallest absolute Gasteiger partial charge is 0.219 e. The van der Waals surface area contributed by atoms with Gasteiger partial charge in [0.2, 0.25) is 5.89 Å². The summed E-state index contributed by atoms with van der Waals surface area (Å²) in [5, 5.41) is 4.22. The minimum absolute atomic E-state index is 0.533. The monoisotopic (exact) mass is 496 g/mol. The Balaban J connectivity index is 1.03. The van der Waals surface area contributed by atoms with Crippen molar-refractivity contribution in [1.82, 2.24) is 4.98 Å². The van der Waals surface area contributed by atoms with Crippen LogP contribution in [0.15, 0.2) is 116 Å². The highest BCUT2D eigenvalue weighted by atomic mass is 16.5. The molecule has 6 nitrogen and oxygen atoms in total. The zero-order valence-electron chi connectivity index (χ0n) is 20.3. The van der Waals surface area contributed by atoms with E-state index in [4.69, 9.17) is 18.0 Å². The van der Waals surface area contributed by atoms with Gasteiger partial charge in [-0.05, 0) is 30.3 Å². The Hall–Kier alpha value is -5.23. The standard InChI is InChI=1S/C32H20N2O4/c1-34-24-18-28-22(20-10-6-8-12-26(20)36-28)16-30(24)38-32(34)14-4-2-3-13-31-33-23-17-27-21(15-29(23)37-31)19-9-5-7-11-25(19)35-27/h2-18H,1H3/b4-2+,13-3+,32-14-. The Morgan fingerprint density at radius 1 is 0.658 bits per heavy atom. The van der Waals surface area contributed by atoms with E-state index in [0.29, 0.717) is 5.89 Å². The zero-order valence-corrected chi connectivity index (χ0v) is 20.3. The van der Waals surface area contributed by atoms with Crippen molar-refractivity contribution in [2.75, 3.05) is 11.9 Å². The topological polar surface area (TPSA) is 64.8 Å². The van der Waals surface area contributed by atoms with Crippen LogP contribution in [-0.2, 0) is 0 Å². The second-order valence-corrected chi connectivity index (χ2v) is 9.29. The van der Waals surface area contributed by atoms with Crippen LogP contribution in [0.3, 0.4) is 0 Å². The first-order valence-corrected chi connectivity index (χ1v) is 12.3. The van der Waals surface area contributed by atoms with Crippen molar-refractivity contribution in [1.29, 1.82) is 0 Å². The molecule has 0 spiro atoms. The first-order valence-electron chi connectivity index (χ1n) is 12.3. The van der Waals surface area contributed by atoms with Gasteiger partial charge in [-0.2, -0.15) is 0 Å². The molecule has 0 N–H and O–H groups in total. The third-order valence-corrected chi connectivity index (χ3v) is 6.97. The molecule has 1 aliphatic rings. The summed E-state index contributed by atoms with van der Waals surface area (Å²) < 4.78 is 24.1. The normalized spacial score (nSPS) is 15.0. The molecule has 0 bridgehead atoms. The maximum absolute atomic E-state index is 6.14. The van der Waals surface area contributed by atoms with Crippen molar-refractivity contribution < 1.29 is 18.0 Å². The highest BCUT2D eigenvalue weighted by Gasteiger charge is 2.24. The summed E-state index contributed by atoms with van der Waals surface area (Å²) in [5.41, 5.74) is 5.85. The predicted octanol–water partition coefficient (Wildman–Crippen LogP) is 8.57. The molecule has 1 aliphatic heterocycles. The van der Waals surface area contributed by atoms with Crippen LogP contribution in [0, 0.1) is 0 Å². The molecule has 0 fully saturated rings. The summed E-state index contributed by atoms with van der Waals surface area (Å²) in [6, 6.07) is 24.0. The van der Waals surface area contributed by atoms with Crippen LogP contribution in [0.4, 0.5) is 5.69 Å². The lowest BCUT2D eigenvalue weighted by molar-refractivity contribution is 0.444. The average Bonchev–Trinajstić information content (AvgIpc) is 3.67. The summed E-state index contributed by atoms with van der Waals surface area (Å²) in [6.45, 7) is 0. The molecule has 8 rings (SSSR count). The Morgan fingerprint density at radius 3 is 2.16 bits per heavy atom. The second kappa shape index (κ2) is 7.88. The van der Waals surface area contributed by atoms with Crippen LogP contribution in [0.25, 0.3) is 61.1 Å². The number of anilines is 1. The molecule has 4 aromatic carbocycles. The number of oxazole rings is 1. The van der Waals surface area contributed by atoms with Gasteiger partial charge in [-0.25, -0.2) is 4.98 Å². The first kappa shape index (κ1) is 20.9. The van der Waals surface area contributed by atoms with Gasteiger partial charge >= 0.3 is 0 Å². The molecule has 0 saturated carbocycles. The lowest BCUT2D eigenvalue weighted by atomic mass is 10.1. The molecule has 4 heterocycles. The van der Waals surface area contributed by atoms with Gasteiger partial charge in [-0.15, -0.1) is 0 Å². The van der Waals surface area contributed by atoms with Gasteiger partial charge < -0.3 is 22.9 Å². The summed E-state index contributed by atoms with van der Waals surface area (Å²) in [7, 11) is 1.98. The molecular weight excluding hydrogens is 476 g/mol. The number of aromatic nitrogens is 1. The van der Waals surface area contributed by atoms with E-state index in [1.165, 1.54) is 0 Å². The van der Waals surface area contributed by atoms with E-state index in [0.717, 1.165) is 72.3 Å². The average molecular weight is 497 g/mol. The lowest BCUT2D eigenvalue weighted by Gasteiger charge is -2.09. The van der Waals surface area contributed by atoms with Gasteiger partial charge in [0.05, 0.1) is 5.69 Å². The van der Waals surface area contributed by atoms with E-state index in [1.807, 2.05) is 109 Å². The summed E-state index contributed by atoms with van der Waals surface area (Å²) in [6.07, 6.45) is 9.50. The summed E-state index contributed by atoms with van der Waals surface area (Å²) >= 11 is 0. The fourth-order valence-electron chi connectivity index (χ4n) is 5.11. The number of benzene rings is 4. The molecule has 0 unspecified atom stereocenters. The molecule has 182 valence electrons. The lowest BCUT2D eigenvalue weighted by Crippen LogP contribution is -2.12. The van der Waals surface area contributed by atoms with Gasteiger partial charge in [0.1, 0.15) is 27.8 Å². The molecular formula is C32H20N2O4. The van der Waals surface area contributed by atoms with Crippen molar-refractivity contribution in [2.45, 2.75) is 0 Å². The third kappa shape index (κ3) is 3.17. The number of ether oxygens (including phenoxy) is 1. The highest BCUT2D eigenvalue weighted by Crippen LogP contribution is 2.43. The van der Waals surface area contributed by atoms with Gasteiger partial charge in [-0.3, -0.25) is 0 Å². The number of para-hydroxylation sites is 2. The summed E-state index contributed by atoms with van der Waals surface area (Å²) in [5.74, 6) is 2.08. The van der Waals surface area contributed by atoms with Gasteiger partial charge in [0.15, 0.2) is 17.2 Å². The SMILES string of the molecule is CN1/C(=C/C=C/C=C/c2nc3cc4oc5ccccc5c4cc3o2)Oc2cc3c(cc21)oc1ccccc13. The van der Waals surface area contributed by atoms with Crippen LogP contribution >= 0.6 is 0 Å². The third-order valence-electron chi connectivity index (χ3n) is 6.97. The number of rotatable bonds is 3. The minimum atomic E-state index is 0.533. The van der Waals surface area contributed by atoms with E-state index in [2.05, 4.69) is 11.1 Å². The number of fused-ring (bicyclic) bond motifs is 8. The summed E-state index contributed by atoms with van der Waals surface area (Å²) in [4.78, 5) is 6.60. The van der Waals surface area contributed by atoms with E-state index in [9.17, 15) is 0 Å². The minimum Gasteiger partial charge on any atom is -0.456 e. The van der Waals surface area contributed by atoms with E-state index in [-0.39, 0.29) is 0 Å². The number of allylic oxidation sites excluding steroid dienone is 4. The van der Waals surface area contributed by atoms with Gasteiger partial charge in [-0.1, -0.05) is 54.6 Å². The Kier molecular flexibility index (Phi) is 4.34. The van der Waals surface area contributed by atoms with Crippen molar-refractivity contribution in [2.24, 2.45) is 0 Å². The van der Waals surface area contributed by atoms with E-state index >= 15 is 0 Å². The molecule has 0 radical (unpaired) electrons. The molecule has 0 saturated heterocycles. The highest BCUT2D eigenvalue weighted by molar-refractivity contribution is 6.09. The Bertz CT molecular complexity index is 2140. The van der Waals surface area contributed by atoms with Crippen molar-refractivity contribution >= 4 is 66.7 Å². The molecule has 7 aromatic rings. The maximum Gasteiger partial charge on any atom is 0.219 e. The number of hydrogen-bond donors (Lipinski definition) is 0. The van der Waals surface area contributed by atoms with Gasteiger partial charge in [0, 0.05) is 46.8 Å². The van der Waals surface area contributed by atoms with Crippen molar-refractivity contribution in [3.05, 3.63) is 109 Å². The first-order chi connectivity index (χ1) is 18.7. The fraction of sp³-hybridized carbons (Fsp3) is 0.0312. The molecule has 0 amide bonds. The van der Waals surface area contributed by atoms with Crippen LogP contribution in [0.5, 0.6) is 5.75 Å². The Morgan fingerprint density at radius 2 is 1.37 bits per heavy atom. The fourth-order valence-corrected chi connectivity index (χ4v) is 5.11. The van der Waals surface area contributed by atoms with Crippen molar-refractivity contribution in [3.63, 3.8) is 0 Å². The maximum atomic E-state index is 6.14. The zero-order chi connectivity index (χ0) is 25.2. The molecule has 6 heteroatoms. The van der Waals surface area contributed by atoms with Crippen LogP contribution in [0.1, 0.15) is 5.89 Å². The van der Waals surface area contributed by atoms with Crippen LogP contribution < -0.4 is 9.64 Å². The predicted molar refractivity (Wildman–Crippen MR) is 150 cm³/mol. The largest absolute Gasteiger partial charge is 0.456 e. The van der Waals surface area contributed by atoms with Crippen molar-refractivity contribution in [3.8, 4) is 5.75 Å². The molecule has 3 aromatic heterocycles. The molecule has 38 heavy (non-hydrogen) atoms. The van der Waals surface area contributed by atoms with E-state index < -0.39 is 0 Å². The second-order valence-electron chi connectivity index (χ2n) is 9.29. The quantitative estimate of drug-likeness (QED) is 0.228. The van der Waals surface area contributed by atoms with Crippen LogP contribution in [0.2, 0.25) is 0 Å². The molecule has 0 aliphatic carbocycles. The number of hydrogen-bond acceptors (Lipinski definition) is 6. The number of nitrogens with zero attached hydrogens (tertiary/aromatic N) is 2. The van der Waals surface area contributed by atoms with E-state index in [1.54, 1.807) is 0 Å². The number of furan rings is 2. The molecule has 0 atom stereocenters.